The molecular weight excluding hydrogens is 563 g/mol. The number of benzene rings is 2. The summed E-state index contributed by atoms with van der Waals surface area (Å²) in [4.78, 5) is 23.4. The molecule has 16 heteroatoms. The fourth-order valence-electron chi connectivity index (χ4n) is 4.13. The lowest BCUT2D eigenvalue weighted by molar-refractivity contribution is -0.376. The van der Waals surface area contributed by atoms with Gasteiger partial charge in [-0.2, -0.15) is 26.3 Å². The zero-order valence-electron chi connectivity index (χ0n) is 20.0. The second-order valence-electron chi connectivity index (χ2n) is 8.65. The van der Waals surface area contributed by atoms with Crippen LogP contribution in [0.5, 0.6) is 0 Å². The van der Waals surface area contributed by atoms with E-state index in [4.69, 9.17) is 0 Å². The largest absolute Gasteiger partial charge is 0.430 e. The van der Waals surface area contributed by atoms with Crippen molar-refractivity contribution in [3.8, 4) is 0 Å². The molecule has 1 heterocycles. The lowest BCUT2D eigenvalue weighted by Crippen LogP contribution is -2.54. The number of alkyl halides is 6. The smallest absolute Gasteiger partial charge is 0.369 e. The summed E-state index contributed by atoms with van der Waals surface area (Å²) < 4.78 is 122. The second kappa shape index (κ2) is 10.6. The molecule has 2 aromatic carbocycles. The van der Waals surface area contributed by atoms with Gasteiger partial charge in [-0.1, -0.05) is 12.1 Å². The molecule has 0 aromatic heterocycles. The minimum Gasteiger partial charge on any atom is -0.369 e. The van der Waals surface area contributed by atoms with Gasteiger partial charge in [-0.3, -0.25) is 13.9 Å². The Morgan fingerprint density at radius 1 is 1.00 bits per heavy atom. The average molecular weight is 585 g/mol. The van der Waals surface area contributed by atoms with Crippen molar-refractivity contribution in [3.05, 3.63) is 59.4 Å². The maximum Gasteiger partial charge on any atom is 0.430 e. The average Bonchev–Trinajstić information content (AvgIpc) is 2.85. The molecule has 0 bridgehead atoms. The molecule has 0 unspecified atom stereocenters. The molecule has 0 aliphatic carbocycles. The number of hydrogen-bond acceptors (Lipinski definition) is 5. The summed E-state index contributed by atoms with van der Waals surface area (Å²) in [5, 5.41) is 14.3. The van der Waals surface area contributed by atoms with Crippen LogP contribution in [0.15, 0.2) is 47.4 Å². The van der Waals surface area contributed by atoms with Gasteiger partial charge in [0.15, 0.2) is 0 Å². The highest BCUT2D eigenvalue weighted by Crippen LogP contribution is 2.51. The third-order valence-corrected chi connectivity index (χ3v) is 8.03. The molecule has 1 aliphatic heterocycles. The van der Waals surface area contributed by atoms with Crippen molar-refractivity contribution in [3.63, 3.8) is 0 Å². The number of fused-ring (bicyclic) bond motifs is 1. The first-order valence-electron chi connectivity index (χ1n) is 11.2. The number of carbonyl (C=O) groups is 2. The van der Waals surface area contributed by atoms with Gasteiger partial charge in [0.1, 0.15) is 5.82 Å². The topological polar surface area (TPSA) is 116 Å². The molecule has 0 fully saturated rings. The first-order valence-corrected chi connectivity index (χ1v) is 12.6. The van der Waals surface area contributed by atoms with Gasteiger partial charge in [0, 0.05) is 19.0 Å². The number of aliphatic hydroxyl groups is 1. The van der Waals surface area contributed by atoms with Gasteiger partial charge in [0.05, 0.1) is 23.2 Å². The van der Waals surface area contributed by atoms with E-state index >= 15 is 0 Å². The second-order valence-corrected chi connectivity index (χ2v) is 10.5. The van der Waals surface area contributed by atoms with Crippen LogP contribution >= 0.6 is 0 Å². The van der Waals surface area contributed by atoms with Crippen LogP contribution in [-0.4, -0.2) is 57.3 Å². The van der Waals surface area contributed by atoms with E-state index in [2.05, 4.69) is 10.6 Å². The molecule has 2 amide bonds. The van der Waals surface area contributed by atoms with E-state index in [9.17, 15) is 53.8 Å². The summed E-state index contributed by atoms with van der Waals surface area (Å²) in [5.74, 6) is -2.09. The molecular formula is C23H22F7N3O5S. The Morgan fingerprint density at radius 3 is 2.13 bits per heavy atom. The van der Waals surface area contributed by atoms with Crippen LogP contribution in [0.3, 0.4) is 0 Å². The van der Waals surface area contributed by atoms with Crippen molar-refractivity contribution in [2.75, 3.05) is 17.9 Å². The Bertz CT molecular complexity index is 1330. The number of rotatable bonds is 7. The molecule has 0 radical (unpaired) electrons. The highest BCUT2D eigenvalue weighted by Gasteiger charge is 2.71. The van der Waals surface area contributed by atoms with Gasteiger partial charge < -0.3 is 15.7 Å². The van der Waals surface area contributed by atoms with Crippen molar-refractivity contribution in [2.24, 2.45) is 0 Å². The van der Waals surface area contributed by atoms with Crippen molar-refractivity contribution in [2.45, 2.75) is 48.2 Å². The number of halogens is 7. The molecule has 0 saturated carbocycles. The molecule has 1 atom stereocenters. The Kier molecular flexibility index (Phi) is 8.22. The lowest BCUT2D eigenvalue weighted by Gasteiger charge is -2.39. The van der Waals surface area contributed by atoms with Crippen LogP contribution in [-0.2, 0) is 31.6 Å². The number of hydrogen-bond donors (Lipinski definition) is 3. The Hall–Kier alpha value is -3.40. The molecule has 214 valence electrons. The van der Waals surface area contributed by atoms with E-state index in [1.54, 1.807) is 0 Å². The van der Waals surface area contributed by atoms with Crippen LogP contribution in [0.4, 0.5) is 36.4 Å². The number of likely N-dealkylation sites (N-methyl/N-ethyl adjacent to an activating group) is 1. The Morgan fingerprint density at radius 2 is 1.59 bits per heavy atom. The number of sulfonamides is 1. The summed E-state index contributed by atoms with van der Waals surface area (Å²) in [6, 6.07) is 3.71. The number of aryl methyl sites for hydroxylation is 1. The summed E-state index contributed by atoms with van der Waals surface area (Å²) in [6.07, 6.45) is -13.3. The molecule has 0 spiro atoms. The standard InChI is InChI=1S/C23H22F7N3O5S/c1-31-20(35)12-32-19(34)11-16-6-2-13-10-14(21(36,22(25,26)27)23(28,29)30)3-9-18(13)33(16)39(37,38)17-7-4-15(24)5-8-17/h3-5,7-10,16,36H,2,6,11-12H2,1H3,(H,31,35)(H,32,34)/t16-/m0/s1. The van der Waals surface area contributed by atoms with E-state index in [-0.39, 0.29) is 24.1 Å². The molecule has 3 rings (SSSR count). The highest BCUT2D eigenvalue weighted by molar-refractivity contribution is 7.92. The molecule has 1 aliphatic rings. The van der Waals surface area contributed by atoms with E-state index < -0.39 is 75.1 Å². The third kappa shape index (κ3) is 5.80. The number of amides is 2. The first kappa shape index (κ1) is 30.1. The zero-order valence-corrected chi connectivity index (χ0v) is 20.8. The van der Waals surface area contributed by atoms with Gasteiger partial charge in [0.25, 0.3) is 15.6 Å². The number of anilines is 1. The van der Waals surface area contributed by atoms with E-state index in [0.717, 1.165) is 24.3 Å². The van der Waals surface area contributed by atoms with Crippen molar-refractivity contribution in [1.82, 2.24) is 10.6 Å². The summed E-state index contributed by atoms with van der Waals surface area (Å²) in [6.45, 7) is -0.430. The van der Waals surface area contributed by atoms with E-state index in [1.807, 2.05) is 0 Å². The minimum atomic E-state index is -6.15. The summed E-state index contributed by atoms with van der Waals surface area (Å²) >= 11 is 0. The summed E-state index contributed by atoms with van der Waals surface area (Å²) in [7, 11) is -3.31. The Balaban J connectivity index is 2.11. The number of carbonyl (C=O) groups excluding carboxylic acids is 2. The van der Waals surface area contributed by atoms with Gasteiger partial charge in [-0.05, 0) is 48.7 Å². The van der Waals surface area contributed by atoms with Crippen molar-refractivity contribution < 1.29 is 53.8 Å². The van der Waals surface area contributed by atoms with Gasteiger partial charge >= 0.3 is 12.4 Å². The van der Waals surface area contributed by atoms with Crippen molar-refractivity contribution >= 4 is 27.5 Å². The van der Waals surface area contributed by atoms with Gasteiger partial charge in [0.2, 0.25) is 11.8 Å². The lowest BCUT2D eigenvalue weighted by atomic mass is 9.87. The fraction of sp³-hybridized carbons (Fsp3) is 0.391. The zero-order chi connectivity index (χ0) is 29.4. The predicted molar refractivity (Wildman–Crippen MR) is 122 cm³/mol. The Labute approximate surface area is 217 Å². The van der Waals surface area contributed by atoms with E-state index in [1.165, 1.54) is 7.05 Å². The van der Waals surface area contributed by atoms with Crippen molar-refractivity contribution in [1.29, 1.82) is 0 Å². The van der Waals surface area contributed by atoms with Gasteiger partial charge in [-0.15, -0.1) is 0 Å². The molecule has 8 nitrogen and oxygen atoms in total. The van der Waals surface area contributed by atoms with Crippen LogP contribution in [0.1, 0.15) is 24.0 Å². The molecule has 3 N–H and O–H groups in total. The monoisotopic (exact) mass is 585 g/mol. The normalized spacial score (nSPS) is 16.4. The molecule has 2 aromatic rings. The maximum absolute atomic E-state index is 13.6. The van der Waals surface area contributed by atoms with Crippen LogP contribution in [0, 0.1) is 5.82 Å². The van der Waals surface area contributed by atoms with E-state index in [0.29, 0.717) is 22.5 Å². The molecule has 39 heavy (non-hydrogen) atoms. The number of nitrogens with one attached hydrogen (secondary N) is 2. The fourth-order valence-corrected chi connectivity index (χ4v) is 5.85. The highest BCUT2D eigenvalue weighted by atomic mass is 32.2. The quantitative estimate of drug-likeness (QED) is 0.433. The van der Waals surface area contributed by atoms with Crippen LogP contribution < -0.4 is 14.9 Å². The SMILES string of the molecule is CNC(=O)CNC(=O)C[C@@H]1CCc2cc(C(O)(C(F)(F)F)C(F)(F)F)ccc2N1S(=O)(=O)c1ccc(F)cc1. The first-order chi connectivity index (χ1) is 17.9. The minimum absolute atomic E-state index is 0.221. The third-order valence-electron chi connectivity index (χ3n) is 6.15. The van der Waals surface area contributed by atoms with Gasteiger partial charge in [-0.25, -0.2) is 12.8 Å². The number of nitrogens with zero attached hydrogens (tertiary/aromatic N) is 1. The molecule has 0 saturated heterocycles. The predicted octanol–water partition coefficient (Wildman–Crippen LogP) is 2.90. The van der Waals surface area contributed by atoms with Crippen LogP contribution in [0.25, 0.3) is 0 Å². The maximum atomic E-state index is 13.6. The van der Waals surface area contributed by atoms with Crippen LogP contribution in [0.2, 0.25) is 0 Å². The summed E-state index contributed by atoms with van der Waals surface area (Å²) in [5.41, 5.74) is -7.40.